The SMILES string of the molecule is CCn1c(=O)[nH]c(=O)c2[nH]c(C(=O)[O-])nc21.[K+]. The summed E-state index contributed by atoms with van der Waals surface area (Å²) in [6, 6.07) is 0. The number of rotatable bonds is 2. The molecule has 84 valence electrons. The van der Waals surface area contributed by atoms with Crippen molar-refractivity contribution in [3.8, 4) is 0 Å². The van der Waals surface area contributed by atoms with Crippen LogP contribution in [0, 0.1) is 0 Å². The van der Waals surface area contributed by atoms with E-state index in [0.29, 0.717) is 0 Å². The number of carbonyl (C=O) groups is 1. The summed E-state index contributed by atoms with van der Waals surface area (Å²) in [6.45, 7) is 1.94. The van der Waals surface area contributed by atoms with E-state index in [-0.39, 0.29) is 69.1 Å². The fourth-order valence-corrected chi connectivity index (χ4v) is 1.43. The number of carboxylic acid groups (broad SMARTS) is 1. The molecule has 0 bridgehead atoms. The van der Waals surface area contributed by atoms with Gasteiger partial charge in [-0.1, -0.05) is 0 Å². The van der Waals surface area contributed by atoms with Crippen LogP contribution in [0.5, 0.6) is 0 Å². The summed E-state index contributed by atoms with van der Waals surface area (Å²) in [4.78, 5) is 41.2. The van der Waals surface area contributed by atoms with Gasteiger partial charge in [0.1, 0.15) is 11.5 Å². The Morgan fingerprint density at radius 3 is 2.59 bits per heavy atom. The van der Waals surface area contributed by atoms with Gasteiger partial charge >= 0.3 is 57.1 Å². The standard InChI is InChI=1S/C8H8N4O4.K/c1-2-12-5-3(6(13)11-8(12)16)9-4(10-5)7(14)15;/h2H2,1H3,(H,9,10)(H,14,15)(H,11,13,16);/q;+1/p-1. The van der Waals surface area contributed by atoms with E-state index in [1.54, 1.807) is 6.92 Å². The summed E-state index contributed by atoms with van der Waals surface area (Å²) in [6.07, 6.45) is 0. The first-order chi connectivity index (χ1) is 7.54. The number of hydrogen-bond acceptors (Lipinski definition) is 5. The number of hydrogen-bond donors (Lipinski definition) is 2. The van der Waals surface area contributed by atoms with Crippen molar-refractivity contribution in [2.24, 2.45) is 0 Å². The molecule has 0 aliphatic heterocycles. The van der Waals surface area contributed by atoms with Crippen LogP contribution >= 0.6 is 0 Å². The Bertz CT molecular complexity index is 683. The van der Waals surface area contributed by atoms with Crippen LogP contribution in [0.15, 0.2) is 9.59 Å². The number of aromatic amines is 2. The second-order valence-electron chi connectivity index (χ2n) is 3.08. The van der Waals surface area contributed by atoms with Crippen LogP contribution in [0.4, 0.5) is 0 Å². The average Bonchev–Trinajstić information content (AvgIpc) is 2.63. The van der Waals surface area contributed by atoms with Crippen molar-refractivity contribution < 1.29 is 61.3 Å². The second-order valence-corrected chi connectivity index (χ2v) is 3.08. The third kappa shape index (κ3) is 2.42. The van der Waals surface area contributed by atoms with E-state index in [1.807, 2.05) is 0 Å². The third-order valence-electron chi connectivity index (χ3n) is 2.14. The molecule has 0 unspecified atom stereocenters. The molecular formula is C8H7KN4O4. The molecule has 0 saturated heterocycles. The maximum Gasteiger partial charge on any atom is 1.00 e. The van der Waals surface area contributed by atoms with Gasteiger partial charge in [-0.3, -0.25) is 14.3 Å². The molecule has 2 rings (SSSR count). The van der Waals surface area contributed by atoms with E-state index >= 15 is 0 Å². The third-order valence-corrected chi connectivity index (χ3v) is 2.14. The molecule has 2 N–H and O–H groups in total. The summed E-state index contributed by atoms with van der Waals surface area (Å²) in [7, 11) is 0. The molecule has 0 aliphatic carbocycles. The van der Waals surface area contributed by atoms with Crippen molar-refractivity contribution in [1.29, 1.82) is 0 Å². The van der Waals surface area contributed by atoms with Crippen LogP contribution < -0.4 is 67.7 Å². The quantitative estimate of drug-likeness (QED) is 0.523. The Kier molecular flexibility index (Phi) is 4.44. The molecule has 2 heterocycles. The number of carbonyl (C=O) groups excluding carboxylic acids is 1. The van der Waals surface area contributed by atoms with Gasteiger partial charge in [-0.15, -0.1) is 0 Å². The van der Waals surface area contributed by atoms with E-state index in [0.717, 1.165) is 4.57 Å². The first-order valence-electron chi connectivity index (χ1n) is 4.48. The van der Waals surface area contributed by atoms with Gasteiger partial charge in [0.25, 0.3) is 5.56 Å². The maximum absolute atomic E-state index is 11.4. The van der Waals surface area contributed by atoms with E-state index < -0.39 is 23.0 Å². The Morgan fingerprint density at radius 2 is 2.06 bits per heavy atom. The number of H-pyrrole nitrogens is 2. The predicted molar refractivity (Wildman–Crippen MR) is 51.0 cm³/mol. The number of aromatic nitrogens is 4. The summed E-state index contributed by atoms with van der Waals surface area (Å²) in [5.74, 6) is -2.01. The smallest absolute Gasteiger partial charge is 0.542 e. The van der Waals surface area contributed by atoms with Crippen molar-refractivity contribution in [3.05, 3.63) is 26.7 Å². The number of aromatic carboxylic acids is 1. The number of carboxylic acids is 1. The van der Waals surface area contributed by atoms with E-state index in [4.69, 9.17) is 0 Å². The molecule has 0 atom stereocenters. The monoisotopic (exact) mass is 262 g/mol. The van der Waals surface area contributed by atoms with Crippen LogP contribution in [0.25, 0.3) is 11.2 Å². The molecule has 2 aromatic rings. The molecule has 0 spiro atoms. The zero-order valence-corrected chi connectivity index (χ0v) is 12.4. The topological polar surface area (TPSA) is 124 Å². The number of fused-ring (bicyclic) bond motifs is 1. The fraction of sp³-hybridized carbons (Fsp3) is 0.250. The number of nitrogens with one attached hydrogen (secondary N) is 2. The van der Waals surface area contributed by atoms with Gasteiger partial charge in [0.2, 0.25) is 0 Å². The van der Waals surface area contributed by atoms with Crippen molar-refractivity contribution in [2.75, 3.05) is 0 Å². The molecule has 0 saturated carbocycles. The van der Waals surface area contributed by atoms with Crippen LogP contribution in [0.1, 0.15) is 17.5 Å². The summed E-state index contributed by atoms with van der Waals surface area (Å²) in [5, 5.41) is 10.6. The average molecular weight is 262 g/mol. The van der Waals surface area contributed by atoms with Crippen LogP contribution in [-0.2, 0) is 6.54 Å². The predicted octanol–water partition coefficient (Wildman–Crippen LogP) is -5.20. The van der Waals surface area contributed by atoms with E-state index in [1.165, 1.54) is 0 Å². The number of nitrogens with zero attached hydrogens (tertiary/aromatic N) is 2. The Balaban J connectivity index is 0.00000144. The zero-order valence-electron chi connectivity index (χ0n) is 9.23. The molecule has 0 aromatic carbocycles. The number of imidazole rings is 1. The Morgan fingerprint density at radius 1 is 1.41 bits per heavy atom. The van der Waals surface area contributed by atoms with E-state index in [9.17, 15) is 19.5 Å². The minimum absolute atomic E-state index is 0. The molecule has 9 heteroatoms. The molecule has 8 nitrogen and oxygen atoms in total. The minimum atomic E-state index is -1.54. The van der Waals surface area contributed by atoms with Crippen molar-refractivity contribution in [2.45, 2.75) is 13.5 Å². The van der Waals surface area contributed by atoms with Crippen molar-refractivity contribution in [1.82, 2.24) is 19.5 Å². The van der Waals surface area contributed by atoms with Gasteiger partial charge in [0.05, 0.1) is 0 Å². The van der Waals surface area contributed by atoms with E-state index in [2.05, 4.69) is 15.0 Å². The van der Waals surface area contributed by atoms with Crippen LogP contribution in [0.2, 0.25) is 0 Å². The van der Waals surface area contributed by atoms with Gasteiger partial charge in [0, 0.05) is 6.54 Å². The molecule has 0 radical (unpaired) electrons. The fourth-order valence-electron chi connectivity index (χ4n) is 1.43. The largest absolute Gasteiger partial charge is 1.00 e. The van der Waals surface area contributed by atoms with Crippen LogP contribution in [-0.4, -0.2) is 25.5 Å². The summed E-state index contributed by atoms with van der Waals surface area (Å²) < 4.78 is 1.15. The van der Waals surface area contributed by atoms with Crippen LogP contribution in [0.3, 0.4) is 0 Å². The van der Waals surface area contributed by atoms with Gasteiger partial charge in [0.15, 0.2) is 11.5 Å². The van der Waals surface area contributed by atoms with Crippen molar-refractivity contribution >= 4 is 17.1 Å². The zero-order chi connectivity index (χ0) is 11.9. The first kappa shape index (κ1) is 14.3. The Labute approximate surface area is 136 Å². The molecule has 2 aromatic heterocycles. The number of aryl methyl sites for hydroxylation is 1. The molecular weight excluding hydrogens is 255 g/mol. The molecule has 0 fully saturated rings. The Hall–Kier alpha value is -0.744. The second kappa shape index (κ2) is 5.27. The van der Waals surface area contributed by atoms with Gasteiger partial charge < -0.3 is 14.9 Å². The molecule has 17 heavy (non-hydrogen) atoms. The normalized spacial score (nSPS) is 10.2. The summed E-state index contributed by atoms with van der Waals surface area (Å²) in [5.41, 5.74) is -1.38. The molecule has 0 amide bonds. The maximum atomic E-state index is 11.4. The van der Waals surface area contributed by atoms with Gasteiger partial charge in [-0.2, -0.15) is 0 Å². The van der Waals surface area contributed by atoms with Crippen molar-refractivity contribution in [3.63, 3.8) is 0 Å². The molecule has 0 aliphatic rings. The van der Waals surface area contributed by atoms with Gasteiger partial charge in [-0.25, -0.2) is 9.78 Å². The minimum Gasteiger partial charge on any atom is -0.542 e. The summed E-state index contributed by atoms with van der Waals surface area (Å²) >= 11 is 0. The van der Waals surface area contributed by atoms with Gasteiger partial charge in [-0.05, 0) is 6.92 Å². The first-order valence-corrected chi connectivity index (χ1v) is 4.48.